The predicted octanol–water partition coefficient (Wildman–Crippen LogP) is 4.60. The molecule has 2 rings (SSSR count). The van der Waals surface area contributed by atoms with Crippen LogP contribution in [0.4, 0.5) is 0 Å². The van der Waals surface area contributed by atoms with Gasteiger partial charge in [0.1, 0.15) is 35.2 Å². The lowest BCUT2D eigenvalue weighted by atomic mass is 9.99. The molecule has 0 spiro atoms. The topological polar surface area (TPSA) is 113 Å². The number of cyclic esters (lactones) is 1. The fraction of sp³-hybridized carbons (Fsp3) is 0.500. The van der Waals surface area contributed by atoms with E-state index in [-0.39, 0.29) is 42.9 Å². The van der Waals surface area contributed by atoms with Gasteiger partial charge in [0.15, 0.2) is 13.6 Å². The van der Waals surface area contributed by atoms with E-state index in [1.165, 1.54) is 0 Å². The van der Waals surface area contributed by atoms with Gasteiger partial charge in [-0.1, -0.05) is 12.2 Å². The minimum atomic E-state index is -0.590. The molecule has 1 aliphatic rings. The Bertz CT molecular complexity index is 946. The highest BCUT2D eigenvalue weighted by Crippen LogP contribution is 2.31. The van der Waals surface area contributed by atoms with Crippen molar-refractivity contribution in [3.8, 4) is 11.5 Å². The van der Waals surface area contributed by atoms with Crippen molar-refractivity contribution in [3.05, 3.63) is 47.6 Å². The smallest absolute Gasteiger partial charge is 0.342 e. The van der Waals surface area contributed by atoms with Gasteiger partial charge >= 0.3 is 11.9 Å². The number of benzene rings is 1. The van der Waals surface area contributed by atoms with Crippen molar-refractivity contribution in [1.29, 1.82) is 5.41 Å². The Morgan fingerprint density at radius 3 is 2.53 bits per heavy atom. The number of halogens is 1. The standard InChI is InChI=1S/C26H34ClNO8/c1-4-31-16-33-22-13-19-12-20(28)9-7-11-21(36-24(29)15-27)10-6-8-18(3)35-26(30)25(19)23(14-22)34-17-32-5-2/h6-7,9-10,13-14,18,21,28H,4-5,8,11-12,15-17H2,1-3H3/b9-7+,10-6+,28-20?/t18-,21-/m1/s1. The molecule has 1 aromatic carbocycles. The predicted molar refractivity (Wildman–Crippen MR) is 135 cm³/mol. The van der Waals surface area contributed by atoms with Crippen molar-refractivity contribution in [2.24, 2.45) is 0 Å². The van der Waals surface area contributed by atoms with Crippen molar-refractivity contribution in [2.45, 2.75) is 52.2 Å². The SMILES string of the molecule is CCOCOc1cc2c(c(OCOCC)c1)C(=O)O[C@H](C)C/C=C/[C@@H](OC(=O)CCl)C/C=C/C(=N)C2. The fourth-order valence-corrected chi connectivity index (χ4v) is 3.34. The second-order valence-corrected chi connectivity index (χ2v) is 8.11. The molecule has 0 saturated carbocycles. The van der Waals surface area contributed by atoms with Gasteiger partial charge in [0, 0.05) is 44.3 Å². The van der Waals surface area contributed by atoms with Crippen LogP contribution in [0.2, 0.25) is 0 Å². The highest BCUT2D eigenvalue weighted by atomic mass is 35.5. The summed E-state index contributed by atoms with van der Waals surface area (Å²) in [5.41, 5.74) is 0.928. The highest BCUT2D eigenvalue weighted by Gasteiger charge is 2.24. The first-order valence-corrected chi connectivity index (χ1v) is 12.4. The van der Waals surface area contributed by atoms with Gasteiger partial charge in [0.2, 0.25) is 0 Å². The molecule has 0 aliphatic carbocycles. The van der Waals surface area contributed by atoms with E-state index < -0.39 is 24.1 Å². The Labute approximate surface area is 216 Å². The van der Waals surface area contributed by atoms with Crippen LogP contribution in [-0.4, -0.2) is 62.5 Å². The van der Waals surface area contributed by atoms with Gasteiger partial charge < -0.3 is 33.8 Å². The lowest BCUT2D eigenvalue weighted by molar-refractivity contribution is -0.143. The van der Waals surface area contributed by atoms with E-state index >= 15 is 0 Å². The van der Waals surface area contributed by atoms with Gasteiger partial charge in [0.25, 0.3) is 0 Å². The molecule has 0 unspecified atom stereocenters. The van der Waals surface area contributed by atoms with Crippen molar-refractivity contribution < 1.29 is 38.0 Å². The molecule has 198 valence electrons. The summed E-state index contributed by atoms with van der Waals surface area (Å²) < 4.78 is 33.0. The summed E-state index contributed by atoms with van der Waals surface area (Å²) in [5, 5.41) is 8.46. The van der Waals surface area contributed by atoms with Crippen LogP contribution < -0.4 is 9.47 Å². The first-order chi connectivity index (χ1) is 17.4. The largest absolute Gasteiger partial charge is 0.467 e. The van der Waals surface area contributed by atoms with Gasteiger partial charge in [0.05, 0.1) is 0 Å². The number of ether oxygens (including phenoxy) is 6. The molecule has 9 nitrogen and oxygen atoms in total. The molecular formula is C26H34ClNO8. The Morgan fingerprint density at radius 2 is 1.83 bits per heavy atom. The van der Waals surface area contributed by atoms with Crippen molar-refractivity contribution >= 4 is 29.3 Å². The lowest BCUT2D eigenvalue weighted by Gasteiger charge is -2.19. The second-order valence-electron chi connectivity index (χ2n) is 7.85. The number of alkyl halides is 1. The van der Waals surface area contributed by atoms with E-state index in [0.717, 1.165) is 0 Å². The number of nitrogens with one attached hydrogen (secondary N) is 1. The van der Waals surface area contributed by atoms with E-state index in [0.29, 0.717) is 37.4 Å². The number of carbonyl (C=O) groups is 2. The second kappa shape index (κ2) is 16.0. The maximum atomic E-state index is 13.3. The summed E-state index contributed by atoms with van der Waals surface area (Å²) in [5.74, 6) is -0.729. The molecule has 36 heavy (non-hydrogen) atoms. The summed E-state index contributed by atoms with van der Waals surface area (Å²) in [6, 6.07) is 3.26. The maximum absolute atomic E-state index is 13.3. The quantitative estimate of drug-likeness (QED) is 0.156. The van der Waals surface area contributed by atoms with Crippen LogP contribution in [0.3, 0.4) is 0 Å². The van der Waals surface area contributed by atoms with Gasteiger partial charge in [-0.2, -0.15) is 0 Å². The molecule has 1 N–H and O–H groups in total. The van der Waals surface area contributed by atoms with Crippen LogP contribution in [0, 0.1) is 5.41 Å². The number of carbonyl (C=O) groups excluding carboxylic acids is 2. The monoisotopic (exact) mass is 523 g/mol. The molecule has 0 radical (unpaired) electrons. The fourth-order valence-electron chi connectivity index (χ4n) is 3.28. The van der Waals surface area contributed by atoms with Gasteiger partial charge in [-0.05, 0) is 44.6 Å². The summed E-state index contributed by atoms with van der Waals surface area (Å²) in [4.78, 5) is 24.9. The summed E-state index contributed by atoms with van der Waals surface area (Å²) in [6.07, 6.45) is 6.71. The Balaban J connectivity index is 2.43. The molecule has 1 aromatic rings. The summed E-state index contributed by atoms with van der Waals surface area (Å²) in [6.45, 7) is 6.32. The zero-order valence-corrected chi connectivity index (χ0v) is 21.7. The van der Waals surface area contributed by atoms with E-state index in [1.54, 1.807) is 43.4 Å². The van der Waals surface area contributed by atoms with Crippen LogP contribution in [0.25, 0.3) is 0 Å². The van der Waals surface area contributed by atoms with Crippen LogP contribution in [0.15, 0.2) is 36.4 Å². The molecule has 0 amide bonds. The first kappa shape index (κ1) is 29.4. The number of hydrogen-bond donors (Lipinski definition) is 1. The third-order valence-electron chi connectivity index (χ3n) is 4.96. The Kier molecular flexibility index (Phi) is 13.0. The molecule has 0 bridgehead atoms. The molecule has 1 heterocycles. The lowest BCUT2D eigenvalue weighted by Crippen LogP contribution is -2.20. The van der Waals surface area contributed by atoms with Gasteiger partial charge in [-0.15, -0.1) is 11.6 Å². The van der Waals surface area contributed by atoms with E-state index in [4.69, 9.17) is 45.4 Å². The number of rotatable bonds is 10. The molecule has 0 aromatic heterocycles. The number of hydrogen-bond acceptors (Lipinski definition) is 9. The normalized spacial score (nSPS) is 20.4. The molecule has 10 heteroatoms. The third kappa shape index (κ3) is 10.0. The zero-order valence-electron chi connectivity index (χ0n) is 20.9. The molecular weight excluding hydrogens is 490 g/mol. The van der Waals surface area contributed by atoms with Crippen LogP contribution in [0.1, 0.15) is 49.5 Å². The van der Waals surface area contributed by atoms with E-state index in [2.05, 4.69) is 0 Å². The first-order valence-electron chi connectivity index (χ1n) is 11.8. The summed E-state index contributed by atoms with van der Waals surface area (Å²) in [7, 11) is 0. The minimum Gasteiger partial charge on any atom is -0.467 e. The molecule has 0 saturated heterocycles. The Hall–Kier alpha value is -2.88. The number of esters is 2. The number of allylic oxidation sites excluding steroid dienone is 1. The van der Waals surface area contributed by atoms with Crippen LogP contribution in [-0.2, 0) is 30.2 Å². The van der Waals surface area contributed by atoms with Crippen LogP contribution in [0.5, 0.6) is 11.5 Å². The molecule has 1 aliphatic heterocycles. The number of fused-ring (bicyclic) bond motifs is 1. The van der Waals surface area contributed by atoms with Crippen molar-refractivity contribution in [1.82, 2.24) is 0 Å². The minimum absolute atomic E-state index is 0.0216. The van der Waals surface area contributed by atoms with Crippen LogP contribution >= 0.6 is 11.6 Å². The van der Waals surface area contributed by atoms with Gasteiger partial charge in [-0.3, -0.25) is 4.79 Å². The Morgan fingerprint density at radius 1 is 1.11 bits per heavy atom. The van der Waals surface area contributed by atoms with Crippen molar-refractivity contribution in [2.75, 3.05) is 32.7 Å². The average molecular weight is 524 g/mol. The van der Waals surface area contributed by atoms with E-state index in [1.807, 2.05) is 13.8 Å². The van der Waals surface area contributed by atoms with Crippen molar-refractivity contribution in [3.63, 3.8) is 0 Å². The summed E-state index contributed by atoms with van der Waals surface area (Å²) >= 11 is 5.56. The zero-order chi connectivity index (χ0) is 26.3. The molecule has 2 atom stereocenters. The third-order valence-corrected chi connectivity index (χ3v) is 5.18. The maximum Gasteiger partial charge on any atom is 0.342 e. The highest BCUT2D eigenvalue weighted by molar-refractivity contribution is 6.26. The van der Waals surface area contributed by atoms with Gasteiger partial charge in [-0.25, -0.2) is 4.79 Å². The average Bonchev–Trinajstić information content (AvgIpc) is 2.83. The molecule has 0 fully saturated rings. The van der Waals surface area contributed by atoms with E-state index in [9.17, 15) is 9.59 Å².